The van der Waals surface area contributed by atoms with Crippen LogP contribution in [0.5, 0.6) is 0 Å². The Kier molecular flexibility index (Phi) is 19.5. The Morgan fingerprint density at radius 3 is 1.65 bits per heavy atom. The zero-order chi connectivity index (χ0) is 27.2. The molecule has 1 aliphatic heterocycles. The second kappa shape index (κ2) is 21.5. The first-order chi connectivity index (χ1) is 17.8. The molecule has 0 spiro atoms. The van der Waals surface area contributed by atoms with Crippen molar-refractivity contribution in [3.63, 3.8) is 0 Å². The van der Waals surface area contributed by atoms with Crippen LogP contribution in [0.25, 0.3) is 0 Å². The van der Waals surface area contributed by atoms with Crippen molar-refractivity contribution in [2.45, 2.75) is 134 Å². The minimum atomic E-state index is -4.02. The second-order valence-electron chi connectivity index (χ2n) is 10.5. The monoisotopic (exact) mass is 538 g/mol. The number of nitrogens with zero attached hydrogens (tertiary/aromatic N) is 1. The van der Waals surface area contributed by atoms with Gasteiger partial charge in [-0.2, -0.15) is 8.42 Å². The Morgan fingerprint density at radius 2 is 1.24 bits per heavy atom. The quantitative estimate of drug-likeness (QED) is 0.131. The lowest BCUT2D eigenvalue weighted by Gasteiger charge is -2.16. The third kappa shape index (κ3) is 18.5. The highest BCUT2D eigenvalue weighted by molar-refractivity contribution is 7.85. The highest BCUT2D eigenvalue weighted by Gasteiger charge is 2.18. The minimum Gasteiger partial charge on any atom is -0.330 e. The summed E-state index contributed by atoms with van der Waals surface area (Å²) in [6.45, 7) is 6.90. The van der Waals surface area contributed by atoms with E-state index in [0.717, 1.165) is 38.2 Å². The fourth-order valence-corrected chi connectivity index (χ4v) is 5.07. The summed E-state index contributed by atoms with van der Waals surface area (Å²) >= 11 is 0. The number of carbonyl (C=O) groups is 1. The molecule has 7 heteroatoms. The molecule has 1 aromatic rings. The van der Waals surface area contributed by atoms with Crippen LogP contribution in [-0.4, -0.2) is 43.5 Å². The number of carbonyl (C=O) groups excluding carboxylic acids is 1. The number of nitrogens with one attached hydrogen (secondary N) is 1. The largest absolute Gasteiger partial charge is 0.330 e. The summed E-state index contributed by atoms with van der Waals surface area (Å²) in [6.07, 6.45) is 24.4. The summed E-state index contributed by atoms with van der Waals surface area (Å²) in [7, 11) is -4.02. The average Bonchev–Trinajstić information content (AvgIpc) is 3.28. The predicted molar refractivity (Wildman–Crippen MR) is 154 cm³/mol. The van der Waals surface area contributed by atoms with E-state index in [1.807, 2.05) is 11.8 Å². The van der Waals surface area contributed by atoms with E-state index in [-0.39, 0.29) is 4.90 Å². The second-order valence-corrected chi connectivity index (χ2v) is 11.9. The van der Waals surface area contributed by atoms with Gasteiger partial charge in [-0.3, -0.25) is 14.7 Å². The highest BCUT2D eigenvalue weighted by atomic mass is 32.2. The Balaban J connectivity index is 0.000000516. The van der Waals surface area contributed by atoms with E-state index in [9.17, 15) is 13.2 Å². The maximum absolute atomic E-state index is 11.5. The van der Waals surface area contributed by atoms with Crippen LogP contribution in [-0.2, 0) is 14.9 Å². The molecule has 2 N–H and O–H groups in total. The number of hydrogen-bond acceptors (Lipinski definition) is 4. The van der Waals surface area contributed by atoms with Gasteiger partial charge in [0, 0.05) is 13.0 Å². The van der Waals surface area contributed by atoms with Gasteiger partial charge in [0.2, 0.25) is 5.91 Å². The molecule has 0 atom stereocenters. The van der Waals surface area contributed by atoms with Crippen molar-refractivity contribution in [3.8, 4) is 0 Å². The molecular formula is C30H54N2O4S. The number of rotatable bonds is 20. The molecule has 37 heavy (non-hydrogen) atoms. The van der Waals surface area contributed by atoms with Gasteiger partial charge in [-0.1, -0.05) is 121 Å². The van der Waals surface area contributed by atoms with E-state index in [0.29, 0.717) is 5.91 Å². The summed E-state index contributed by atoms with van der Waals surface area (Å²) in [5, 5.41) is 3.41. The van der Waals surface area contributed by atoms with E-state index < -0.39 is 10.1 Å². The predicted octanol–water partition coefficient (Wildman–Crippen LogP) is 7.66. The van der Waals surface area contributed by atoms with Crippen molar-refractivity contribution in [1.29, 1.82) is 0 Å². The lowest BCUT2D eigenvalue weighted by Crippen LogP contribution is -2.35. The fourth-order valence-electron chi connectivity index (χ4n) is 4.59. The minimum absolute atomic E-state index is 0.0666. The van der Waals surface area contributed by atoms with Crippen molar-refractivity contribution in [3.05, 3.63) is 29.8 Å². The first kappa shape index (κ1) is 33.6. The van der Waals surface area contributed by atoms with Crippen LogP contribution < -0.4 is 5.32 Å². The number of unbranched alkanes of at least 4 members (excludes halogenated alkanes) is 15. The van der Waals surface area contributed by atoms with Crippen molar-refractivity contribution in [2.24, 2.45) is 0 Å². The maximum atomic E-state index is 11.5. The third-order valence-electron chi connectivity index (χ3n) is 7.00. The number of hydrogen-bond donors (Lipinski definition) is 2. The van der Waals surface area contributed by atoms with Crippen molar-refractivity contribution >= 4 is 16.0 Å². The van der Waals surface area contributed by atoms with Gasteiger partial charge < -0.3 is 4.90 Å². The molecule has 2 rings (SSSR count). The van der Waals surface area contributed by atoms with Gasteiger partial charge in [-0.15, -0.1) is 0 Å². The Labute approximate surface area is 227 Å². The molecule has 0 unspecified atom stereocenters. The normalized spacial score (nSPS) is 13.6. The maximum Gasteiger partial charge on any atom is 0.294 e. The van der Waals surface area contributed by atoms with E-state index in [1.54, 1.807) is 12.1 Å². The third-order valence-corrected chi connectivity index (χ3v) is 7.87. The highest BCUT2D eigenvalue weighted by Crippen LogP contribution is 2.14. The molecular weight excluding hydrogens is 484 g/mol. The van der Waals surface area contributed by atoms with Crippen molar-refractivity contribution in [2.75, 3.05) is 19.8 Å². The molecule has 1 heterocycles. The molecule has 0 radical (unpaired) electrons. The Morgan fingerprint density at radius 1 is 0.784 bits per heavy atom. The molecule has 1 aromatic carbocycles. The van der Waals surface area contributed by atoms with Crippen molar-refractivity contribution in [1.82, 2.24) is 10.2 Å². The van der Waals surface area contributed by atoms with Gasteiger partial charge in [0.05, 0.1) is 11.6 Å². The zero-order valence-electron chi connectivity index (χ0n) is 23.7. The van der Waals surface area contributed by atoms with Crippen molar-refractivity contribution < 1.29 is 17.8 Å². The summed E-state index contributed by atoms with van der Waals surface area (Å²) in [6, 6.07) is 5.99. The van der Waals surface area contributed by atoms with Gasteiger partial charge in [0.25, 0.3) is 10.1 Å². The van der Waals surface area contributed by atoms with Crippen LogP contribution in [0, 0.1) is 6.92 Å². The van der Waals surface area contributed by atoms with Gasteiger partial charge in [-0.05, 0) is 38.4 Å². The molecule has 1 saturated heterocycles. The molecule has 0 saturated carbocycles. The molecule has 6 nitrogen and oxygen atoms in total. The zero-order valence-corrected chi connectivity index (χ0v) is 24.5. The number of aryl methyl sites for hydroxylation is 1. The number of benzene rings is 1. The number of likely N-dealkylation sites (tertiary alicyclic amines) is 1. The Bertz CT molecular complexity index is 796. The first-order valence-electron chi connectivity index (χ1n) is 14.9. The van der Waals surface area contributed by atoms with Gasteiger partial charge >= 0.3 is 0 Å². The molecule has 0 aromatic heterocycles. The molecule has 1 amide bonds. The van der Waals surface area contributed by atoms with E-state index in [2.05, 4.69) is 12.2 Å². The van der Waals surface area contributed by atoms with Crippen LogP contribution in [0.1, 0.15) is 128 Å². The lowest BCUT2D eigenvalue weighted by atomic mass is 10.0. The summed E-state index contributed by atoms with van der Waals surface area (Å²) < 4.78 is 29.6. The van der Waals surface area contributed by atoms with Crippen LogP contribution in [0.4, 0.5) is 0 Å². The van der Waals surface area contributed by atoms with Crippen LogP contribution in [0.2, 0.25) is 0 Å². The SMILES string of the molecule is CCCCCCCCCCCCCCCCCCNCN1CCCC1=O.Cc1ccc(S(=O)(=O)O)cc1. The van der Waals surface area contributed by atoms with Gasteiger partial charge in [0.15, 0.2) is 0 Å². The lowest BCUT2D eigenvalue weighted by molar-refractivity contribution is -0.128. The van der Waals surface area contributed by atoms with E-state index >= 15 is 0 Å². The van der Waals surface area contributed by atoms with Crippen LogP contribution in [0.15, 0.2) is 29.2 Å². The van der Waals surface area contributed by atoms with E-state index in [1.165, 1.54) is 115 Å². The smallest absolute Gasteiger partial charge is 0.294 e. The van der Waals surface area contributed by atoms with Gasteiger partial charge in [0.1, 0.15) is 0 Å². The summed E-state index contributed by atoms with van der Waals surface area (Å²) in [5.74, 6) is 0.324. The Hall–Kier alpha value is -1.44. The molecule has 1 fully saturated rings. The fraction of sp³-hybridized carbons (Fsp3) is 0.767. The average molecular weight is 539 g/mol. The standard InChI is InChI=1S/C23H46N2O.C7H8O3S/c1-2-3-4-5-6-7-8-9-10-11-12-13-14-15-16-17-20-24-22-25-21-18-19-23(25)26;1-6-2-4-7(5-3-6)11(8,9)10/h24H,2-22H2,1H3;2-5H,1H3,(H,8,9,10). The first-order valence-corrected chi connectivity index (χ1v) is 16.3. The molecule has 214 valence electrons. The molecule has 1 aliphatic rings. The summed E-state index contributed by atoms with van der Waals surface area (Å²) in [5.41, 5.74) is 0.956. The van der Waals surface area contributed by atoms with Gasteiger partial charge in [-0.25, -0.2) is 0 Å². The molecule has 0 aliphatic carbocycles. The van der Waals surface area contributed by atoms with Crippen LogP contribution >= 0.6 is 0 Å². The number of amides is 1. The summed E-state index contributed by atoms with van der Waals surface area (Å²) in [4.78, 5) is 13.4. The van der Waals surface area contributed by atoms with E-state index in [4.69, 9.17) is 4.55 Å². The van der Waals surface area contributed by atoms with Crippen LogP contribution in [0.3, 0.4) is 0 Å². The molecule has 0 bridgehead atoms. The topological polar surface area (TPSA) is 86.7 Å².